The molecule has 10 rings (SSSR count). The lowest BCUT2D eigenvalue weighted by Crippen LogP contribution is -2.00. The molecule has 5 heteroatoms. The molecule has 50 heavy (non-hydrogen) atoms. The molecule has 0 aliphatic carbocycles. The van der Waals surface area contributed by atoms with Crippen molar-refractivity contribution in [3.63, 3.8) is 0 Å². The van der Waals surface area contributed by atoms with Crippen LogP contribution in [0.25, 0.3) is 100 Å². The van der Waals surface area contributed by atoms with Crippen molar-refractivity contribution in [1.82, 2.24) is 15.0 Å². The van der Waals surface area contributed by atoms with Gasteiger partial charge in [-0.05, 0) is 70.8 Å². The van der Waals surface area contributed by atoms with Gasteiger partial charge in [-0.15, -0.1) is 0 Å². The number of benzene rings is 7. The summed E-state index contributed by atoms with van der Waals surface area (Å²) in [4.78, 5) is 15.2. The molecule has 3 heterocycles. The van der Waals surface area contributed by atoms with E-state index in [-0.39, 0.29) is 0 Å². The van der Waals surface area contributed by atoms with Gasteiger partial charge in [0.2, 0.25) is 0 Å². The maximum Gasteiger partial charge on any atom is 0.164 e. The zero-order chi connectivity index (χ0) is 33.0. The predicted molar refractivity (Wildman–Crippen MR) is 202 cm³/mol. The number of aromatic nitrogens is 3. The van der Waals surface area contributed by atoms with Crippen LogP contribution in [0.4, 0.5) is 0 Å². The molecule has 0 unspecified atom stereocenters. The summed E-state index contributed by atoms with van der Waals surface area (Å²) in [5.41, 5.74) is 10.4. The summed E-state index contributed by atoms with van der Waals surface area (Å²) < 4.78 is 12.5. The van der Waals surface area contributed by atoms with E-state index < -0.39 is 0 Å². The lowest BCUT2D eigenvalue weighted by atomic mass is 10.0. The van der Waals surface area contributed by atoms with Crippen molar-refractivity contribution in [1.29, 1.82) is 0 Å². The van der Waals surface area contributed by atoms with Crippen molar-refractivity contribution < 1.29 is 8.83 Å². The summed E-state index contributed by atoms with van der Waals surface area (Å²) in [6.07, 6.45) is 0. The summed E-state index contributed by atoms with van der Waals surface area (Å²) in [6.45, 7) is 0. The van der Waals surface area contributed by atoms with Crippen molar-refractivity contribution in [2.24, 2.45) is 0 Å². The van der Waals surface area contributed by atoms with Crippen LogP contribution in [0.3, 0.4) is 0 Å². The first-order chi connectivity index (χ1) is 24.7. The monoisotopic (exact) mass is 641 g/mol. The van der Waals surface area contributed by atoms with Gasteiger partial charge in [-0.2, -0.15) is 0 Å². The Morgan fingerprint density at radius 2 is 0.640 bits per heavy atom. The molecule has 3 aromatic heterocycles. The van der Waals surface area contributed by atoms with E-state index in [0.717, 1.165) is 82.8 Å². The van der Waals surface area contributed by atoms with Gasteiger partial charge in [0.25, 0.3) is 0 Å². The Morgan fingerprint density at radius 3 is 1.22 bits per heavy atom. The second-order valence-corrected chi connectivity index (χ2v) is 12.5. The van der Waals surface area contributed by atoms with Gasteiger partial charge in [0.1, 0.15) is 22.3 Å². The smallest absolute Gasteiger partial charge is 0.164 e. The first kappa shape index (κ1) is 28.2. The number of para-hydroxylation sites is 2. The van der Waals surface area contributed by atoms with E-state index in [1.54, 1.807) is 0 Å². The second kappa shape index (κ2) is 11.4. The van der Waals surface area contributed by atoms with Crippen LogP contribution in [-0.4, -0.2) is 15.0 Å². The van der Waals surface area contributed by atoms with Crippen molar-refractivity contribution in [2.75, 3.05) is 0 Å². The number of furan rings is 2. The molecule has 10 aromatic rings. The lowest BCUT2D eigenvalue weighted by molar-refractivity contribution is 0.668. The van der Waals surface area contributed by atoms with Gasteiger partial charge in [0.15, 0.2) is 17.5 Å². The molecule has 0 spiro atoms. The highest BCUT2D eigenvalue weighted by Gasteiger charge is 2.16. The third-order valence-electron chi connectivity index (χ3n) is 9.33. The zero-order valence-corrected chi connectivity index (χ0v) is 26.7. The third-order valence-corrected chi connectivity index (χ3v) is 9.33. The van der Waals surface area contributed by atoms with E-state index in [9.17, 15) is 0 Å². The van der Waals surface area contributed by atoms with Crippen LogP contribution >= 0.6 is 0 Å². The van der Waals surface area contributed by atoms with Crippen LogP contribution < -0.4 is 0 Å². The maximum absolute atomic E-state index is 6.24. The number of hydrogen-bond acceptors (Lipinski definition) is 5. The lowest BCUT2D eigenvalue weighted by Gasteiger charge is -2.11. The Hall–Kier alpha value is -6.85. The topological polar surface area (TPSA) is 65.0 Å². The minimum absolute atomic E-state index is 0.576. The fourth-order valence-corrected chi connectivity index (χ4v) is 6.84. The molecule has 234 valence electrons. The second-order valence-electron chi connectivity index (χ2n) is 12.5. The zero-order valence-electron chi connectivity index (χ0n) is 26.7. The average Bonchev–Trinajstić information content (AvgIpc) is 3.76. The summed E-state index contributed by atoms with van der Waals surface area (Å²) in [5.74, 6) is 1.76. The number of rotatable bonds is 5. The molecule has 7 aromatic carbocycles. The Balaban J connectivity index is 1.12. The fourth-order valence-electron chi connectivity index (χ4n) is 6.84. The number of fused-ring (bicyclic) bond motifs is 6. The summed E-state index contributed by atoms with van der Waals surface area (Å²) in [5, 5.41) is 4.36. The van der Waals surface area contributed by atoms with E-state index in [0.29, 0.717) is 17.5 Å². The Bertz CT molecular complexity index is 2890. The van der Waals surface area contributed by atoms with Gasteiger partial charge in [-0.1, -0.05) is 115 Å². The van der Waals surface area contributed by atoms with Gasteiger partial charge in [0, 0.05) is 38.2 Å². The molecular weight excluding hydrogens is 615 g/mol. The van der Waals surface area contributed by atoms with Crippen LogP contribution in [0.15, 0.2) is 173 Å². The third kappa shape index (κ3) is 4.83. The van der Waals surface area contributed by atoms with Gasteiger partial charge < -0.3 is 8.83 Å². The molecule has 0 N–H and O–H groups in total. The Morgan fingerprint density at radius 1 is 0.260 bits per heavy atom. The van der Waals surface area contributed by atoms with E-state index in [2.05, 4.69) is 97.1 Å². The minimum Gasteiger partial charge on any atom is -0.456 e. The van der Waals surface area contributed by atoms with E-state index in [1.807, 2.05) is 66.7 Å². The summed E-state index contributed by atoms with van der Waals surface area (Å²) in [6, 6.07) is 55.8. The Kier molecular flexibility index (Phi) is 6.42. The van der Waals surface area contributed by atoms with Crippen LogP contribution in [0.5, 0.6) is 0 Å². The molecule has 0 fully saturated rings. The SMILES string of the molecule is c1ccc(-c2cccc(-c3nc(-c4cccc(-c5ccc6c(c5)oc5ccccc56)c4)nc(-c4ccc5c(c4)oc4ccccc45)n3)c2)cc1. The summed E-state index contributed by atoms with van der Waals surface area (Å²) in [7, 11) is 0. The quantitative estimate of drug-likeness (QED) is 0.187. The average molecular weight is 642 g/mol. The highest BCUT2D eigenvalue weighted by molar-refractivity contribution is 6.06. The van der Waals surface area contributed by atoms with Crippen molar-refractivity contribution in [2.45, 2.75) is 0 Å². The largest absolute Gasteiger partial charge is 0.456 e. The normalized spacial score (nSPS) is 11.6. The van der Waals surface area contributed by atoms with E-state index in [1.165, 1.54) is 0 Å². The molecule has 0 radical (unpaired) electrons. The van der Waals surface area contributed by atoms with Gasteiger partial charge in [-0.3, -0.25) is 0 Å². The highest BCUT2D eigenvalue weighted by atomic mass is 16.3. The van der Waals surface area contributed by atoms with Crippen molar-refractivity contribution in [3.8, 4) is 56.4 Å². The molecule has 5 nitrogen and oxygen atoms in total. The molecular formula is C45H27N3O2. The Labute approximate surface area is 287 Å². The maximum atomic E-state index is 6.24. The predicted octanol–water partition coefficient (Wildman–Crippen LogP) is 12.0. The van der Waals surface area contributed by atoms with Gasteiger partial charge in [-0.25, -0.2) is 15.0 Å². The molecule has 0 bridgehead atoms. The van der Waals surface area contributed by atoms with Crippen LogP contribution in [0, 0.1) is 0 Å². The summed E-state index contributed by atoms with van der Waals surface area (Å²) >= 11 is 0. The van der Waals surface area contributed by atoms with Crippen LogP contribution in [-0.2, 0) is 0 Å². The van der Waals surface area contributed by atoms with Gasteiger partial charge >= 0.3 is 0 Å². The molecule has 0 aliphatic heterocycles. The number of hydrogen-bond donors (Lipinski definition) is 0. The minimum atomic E-state index is 0.576. The first-order valence-corrected chi connectivity index (χ1v) is 16.6. The standard InChI is InChI=1S/C45H27N3O2/c1-2-10-28(11-3-1)29-12-8-14-32(24-29)43-46-44(48-45(47-43)34-21-23-38-36-17-5-7-19-40(36)50-42(38)27-34)33-15-9-13-30(25-33)31-20-22-37-35-16-4-6-18-39(35)49-41(37)26-31/h1-27H. The fraction of sp³-hybridized carbons (Fsp3) is 0. The highest BCUT2D eigenvalue weighted by Crippen LogP contribution is 2.35. The molecule has 0 aliphatic rings. The van der Waals surface area contributed by atoms with Crippen LogP contribution in [0.1, 0.15) is 0 Å². The van der Waals surface area contributed by atoms with Gasteiger partial charge in [0.05, 0.1) is 0 Å². The van der Waals surface area contributed by atoms with Crippen molar-refractivity contribution in [3.05, 3.63) is 164 Å². The molecule has 0 saturated carbocycles. The van der Waals surface area contributed by atoms with Crippen LogP contribution in [0.2, 0.25) is 0 Å². The molecule has 0 saturated heterocycles. The van der Waals surface area contributed by atoms with Crippen molar-refractivity contribution >= 4 is 43.9 Å². The first-order valence-electron chi connectivity index (χ1n) is 16.6. The molecule has 0 amide bonds. The van der Waals surface area contributed by atoms with E-state index >= 15 is 0 Å². The number of nitrogens with zero attached hydrogens (tertiary/aromatic N) is 3. The van der Waals surface area contributed by atoms with E-state index in [4.69, 9.17) is 23.8 Å². The molecule has 0 atom stereocenters.